The molecule has 0 saturated heterocycles. The first kappa shape index (κ1) is 20.8. The van der Waals surface area contributed by atoms with Crippen LogP contribution in [0.1, 0.15) is 35.3 Å². The fraction of sp³-hybridized carbons (Fsp3) is 0.192. The summed E-state index contributed by atoms with van der Waals surface area (Å²) in [5.41, 5.74) is 9.23. The molecule has 166 valence electrons. The Kier molecular flexibility index (Phi) is 5.52. The molecule has 0 spiro atoms. The maximum absolute atomic E-state index is 12.6. The quantitative estimate of drug-likeness (QED) is 0.405. The number of hydrogen-bond donors (Lipinski definition) is 1. The standard InChI is InChI=1S/C26H24N4O3/c1-3-32-25(31)21-10-7-11-22-23(21)30(26(27-22)33-4-2)16-17-12-14-18(15-13-17)19-8-5-6-9-20(19)24-28-29-24/h5-15H,3-4,16H2,1-2H3,(H,28,29). The molecular weight excluding hydrogens is 416 g/mol. The summed E-state index contributed by atoms with van der Waals surface area (Å²) in [6.07, 6.45) is 0. The SMILES string of the molecule is CCOC(=O)c1cccc2nc(OCC)n(Cc3ccc(-c4ccccc4C4=NN4)cc3)c12. The van der Waals surface area contributed by atoms with Crippen LogP contribution in [0, 0.1) is 0 Å². The van der Waals surface area contributed by atoms with Gasteiger partial charge in [0.1, 0.15) is 0 Å². The molecule has 1 aromatic heterocycles. The minimum atomic E-state index is -0.365. The molecule has 0 fully saturated rings. The van der Waals surface area contributed by atoms with Gasteiger partial charge in [-0.25, -0.2) is 4.79 Å². The number of imidazole rings is 1. The monoisotopic (exact) mass is 440 g/mol. The summed E-state index contributed by atoms with van der Waals surface area (Å²) >= 11 is 0. The number of hydrazone groups is 1. The zero-order valence-corrected chi connectivity index (χ0v) is 18.5. The molecule has 33 heavy (non-hydrogen) atoms. The molecular formula is C26H24N4O3. The first-order valence-corrected chi connectivity index (χ1v) is 11.0. The summed E-state index contributed by atoms with van der Waals surface area (Å²) in [5, 5.41) is 4.12. The third kappa shape index (κ3) is 4.05. The van der Waals surface area contributed by atoms with E-state index in [2.05, 4.69) is 51.9 Å². The molecule has 0 saturated carbocycles. The number of nitrogens with zero attached hydrogens (tertiary/aromatic N) is 3. The highest BCUT2D eigenvalue weighted by molar-refractivity contribution is 6.10. The number of fused-ring (bicyclic) bond motifs is 1. The van der Waals surface area contributed by atoms with E-state index < -0.39 is 0 Å². The number of benzene rings is 3. The molecule has 4 aromatic rings. The van der Waals surface area contributed by atoms with Crippen molar-refractivity contribution < 1.29 is 14.3 Å². The summed E-state index contributed by atoms with van der Waals surface area (Å²) in [4.78, 5) is 17.2. The highest BCUT2D eigenvalue weighted by Gasteiger charge is 2.20. The van der Waals surface area contributed by atoms with Gasteiger partial charge >= 0.3 is 5.97 Å². The number of esters is 1. The summed E-state index contributed by atoms with van der Waals surface area (Å²) in [5.74, 6) is 0.545. The zero-order chi connectivity index (χ0) is 22.8. The van der Waals surface area contributed by atoms with Crippen molar-refractivity contribution in [3.05, 3.63) is 83.4 Å². The number of aromatic nitrogens is 2. The maximum atomic E-state index is 12.6. The number of para-hydroxylation sites is 1. The van der Waals surface area contributed by atoms with Crippen LogP contribution in [0.3, 0.4) is 0 Å². The van der Waals surface area contributed by atoms with Crippen LogP contribution in [-0.4, -0.2) is 34.6 Å². The second kappa shape index (κ2) is 8.78. The van der Waals surface area contributed by atoms with E-state index in [9.17, 15) is 4.79 Å². The van der Waals surface area contributed by atoms with Crippen LogP contribution in [0.5, 0.6) is 6.01 Å². The fourth-order valence-corrected chi connectivity index (χ4v) is 3.99. The number of amidine groups is 1. The second-order valence-electron chi connectivity index (χ2n) is 7.62. The van der Waals surface area contributed by atoms with Crippen molar-refractivity contribution in [1.82, 2.24) is 15.0 Å². The topological polar surface area (TPSA) is 87.7 Å². The van der Waals surface area contributed by atoms with Crippen molar-refractivity contribution >= 4 is 22.8 Å². The molecule has 2 heterocycles. The second-order valence-corrected chi connectivity index (χ2v) is 7.62. The van der Waals surface area contributed by atoms with E-state index in [-0.39, 0.29) is 5.97 Å². The molecule has 0 amide bonds. The Morgan fingerprint density at radius 1 is 0.939 bits per heavy atom. The lowest BCUT2D eigenvalue weighted by Crippen LogP contribution is -2.10. The third-order valence-corrected chi connectivity index (χ3v) is 5.51. The van der Waals surface area contributed by atoms with Gasteiger partial charge in [-0.2, -0.15) is 10.1 Å². The third-order valence-electron chi connectivity index (χ3n) is 5.51. The fourth-order valence-electron chi connectivity index (χ4n) is 3.99. The Morgan fingerprint density at radius 2 is 1.70 bits per heavy atom. The van der Waals surface area contributed by atoms with Gasteiger partial charge in [-0.05, 0) is 42.7 Å². The number of hydrogen-bond acceptors (Lipinski definition) is 6. The first-order chi connectivity index (χ1) is 16.2. The highest BCUT2D eigenvalue weighted by atomic mass is 16.5. The Balaban J connectivity index is 1.52. The maximum Gasteiger partial charge on any atom is 0.340 e. The minimum Gasteiger partial charge on any atom is -0.465 e. The van der Waals surface area contributed by atoms with Gasteiger partial charge in [0.15, 0.2) is 5.84 Å². The molecule has 7 heteroatoms. The molecule has 1 N–H and O–H groups in total. The highest BCUT2D eigenvalue weighted by Crippen LogP contribution is 2.29. The lowest BCUT2D eigenvalue weighted by atomic mass is 9.98. The van der Waals surface area contributed by atoms with E-state index >= 15 is 0 Å². The Labute approximate surface area is 191 Å². The number of ether oxygens (including phenoxy) is 2. The van der Waals surface area contributed by atoms with E-state index in [0.717, 1.165) is 28.1 Å². The van der Waals surface area contributed by atoms with Crippen molar-refractivity contribution in [3.8, 4) is 17.1 Å². The van der Waals surface area contributed by atoms with Crippen LogP contribution < -0.4 is 10.2 Å². The van der Waals surface area contributed by atoms with Gasteiger partial charge in [-0.15, -0.1) is 0 Å². The molecule has 0 aliphatic carbocycles. The Hall–Kier alpha value is -4.13. The van der Waals surface area contributed by atoms with Gasteiger partial charge in [0, 0.05) is 5.56 Å². The zero-order valence-electron chi connectivity index (χ0n) is 18.5. The summed E-state index contributed by atoms with van der Waals surface area (Å²) in [7, 11) is 0. The average molecular weight is 441 g/mol. The summed E-state index contributed by atoms with van der Waals surface area (Å²) in [6.45, 7) is 5.02. The van der Waals surface area contributed by atoms with Crippen molar-refractivity contribution in [3.63, 3.8) is 0 Å². The molecule has 0 bridgehead atoms. The van der Waals surface area contributed by atoms with E-state index in [0.29, 0.717) is 42.4 Å². The Morgan fingerprint density at radius 3 is 2.39 bits per heavy atom. The van der Waals surface area contributed by atoms with Crippen LogP contribution in [0.25, 0.3) is 22.2 Å². The lowest BCUT2D eigenvalue weighted by Gasteiger charge is -2.12. The van der Waals surface area contributed by atoms with Crippen molar-refractivity contribution in [2.75, 3.05) is 13.2 Å². The molecule has 0 radical (unpaired) electrons. The molecule has 7 nitrogen and oxygen atoms in total. The van der Waals surface area contributed by atoms with E-state index in [1.54, 1.807) is 13.0 Å². The molecule has 1 aliphatic heterocycles. The van der Waals surface area contributed by atoms with Gasteiger partial charge < -0.3 is 9.47 Å². The van der Waals surface area contributed by atoms with Crippen molar-refractivity contribution in [1.29, 1.82) is 0 Å². The Bertz CT molecular complexity index is 1360. The number of rotatable bonds is 8. The van der Waals surface area contributed by atoms with Crippen LogP contribution in [0.2, 0.25) is 0 Å². The molecule has 5 rings (SSSR count). The number of carbonyl (C=O) groups is 1. The van der Waals surface area contributed by atoms with Gasteiger partial charge in [0.25, 0.3) is 6.01 Å². The van der Waals surface area contributed by atoms with Crippen LogP contribution >= 0.6 is 0 Å². The van der Waals surface area contributed by atoms with Crippen LogP contribution in [0.15, 0.2) is 71.8 Å². The summed E-state index contributed by atoms with van der Waals surface area (Å²) < 4.78 is 13.0. The van der Waals surface area contributed by atoms with Crippen LogP contribution in [-0.2, 0) is 11.3 Å². The van der Waals surface area contributed by atoms with E-state index in [1.165, 1.54) is 0 Å². The predicted molar refractivity (Wildman–Crippen MR) is 128 cm³/mol. The summed E-state index contributed by atoms with van der Waals surface area (Å²) in [6, 6.07) is 22.5. The average Bonchev–Trinajstić information content (AvgIpc) is 3.63. The van der Waals surface area contributed by atoms with E-state index in [4.69, 9.17) is 9.47 Å². The number of carbonyl (C=O) groups excluding carboxylic acids is 1. The minimum absolute atomic E-state index is 0.312. The van der Waals surface area contributed by atoms with Gasteiger partial charge in [0.05, 0.1) is 36.4 Å². The lowest BCUT2D eigenvalue weighted by molar-refractivity contribution is 0.0528. The van der Waals surface area contributed by atoms with Crippen LogP contribution in [0.4, 0.5) is 0 Å². The molecule has 3 aromatic carbocycles. The van der Waals surface area contributed by atoms with Gasteiger partial charge in [-0.3, -0.25) is 9.99 Å². The number of nitrogens with one attached hydrogen (secondary N) is 1. The normalized spacial score (nSPS) is 12.2. The smallest absolute Gasteiger partial charge is 0.340 e. The predicted octanol–water partition coefficient (Wildman–Crippen LogP) is 4.59. The molecule has 0 atom stereocenters. The first-order valence-electron chi connectivity index (χ1n) is 11.0. The molecule has 0 unspecified atom stereocenters. The van der Waals surface area contributed by atoms with Gasteiger partial charge in [-0.1, -0.05) is 54.6 Å². The molecule has 1 aliphatic rings. The van der Waals surface area contributed by atoms with E-state index in [1.807, 2.05) is 35.8 Å². The van der Waals surface area contributed by atoms with Crippen molar-refractivity contribution in [2.45, 2.75) is 20.4 Å². The van der Waals surface area contributed by atoms with Gasteiger partial charge in [0.2, 0.25) is 0 Å². The largest absolute Gasteiger partial charge is 0.465 e. The van der Waals surface area contributed by atoms with Crippen molar-refractivity contribution in [2.24, 2.45) is 5.10 Å².